The van der Waals surface area contributed by atoms with Gasteiger partial charge >= 0.3 is 0 Å². The number of hydrogen-bond donors (Lipinski definition) is 0. The molecule has 2 rings (SSSR count). The van der Waals surface area contributed by atoms with Gasteiger partial charge in [0.2, 0.25) is 0 Å². The summed E-state index contributed by atoms with van der Waals surface area (Å²) in [5.74, 6) is 0.952. The molecule has 1 aliphatic rings. The third-order valence-corrected chi connectivity index (χ3v) is 2.71. The smallest absolute Gasteiger partial charge is 0.147 e. The Morgan fingerprint density at radius 1 is 1.36 bits per heavy atom. The van der Waals surface area contributed by atoms with E-state index in [1.807, 2.05) is 0 Å². The largest absolute Gasteiger partial charge is 0.379 e. The van der Waals surface area contributed by atoms with E-state index < -0.39 is 0 Å². The minimum atomic E-state index is 0.0521. The van der Waals surface area contributed by atoms with Crippen molar-refractivity contribution >= 4 is 0 Å². The van der Waals surface area contributed by atoms with Crippen LogP contribution in [0.2, 0.25) is 0 Å². The molecule has 0 N–H and O–H groups in total. The molecule has 0 spiro atoms. The Morgan fingerprint density at radius 2 is 2.00 bits per heavy atom. The van der Waals surface area contributed by atoms with Crippen molar-refractivity contribution < 1.29 is 9.26 Å². The van der Waals surface area contributed by atoms with E-state index in [9.17, 15) is 0 Å². The van der Waals surface area contributed by atoms with Crippen molar-refractivity contribution in [2.24, 2.45) is 0 Å². The lowest BCUT2D eigenvalue weighted by atomic mass is 9.84. The summed E-state index contributed by atoms with van der Waals surface area (Å²) >= 11 is 0. The van der Waals surface area contributed by atoms with E-state index in [4.69, 9.17) is 9.26 Å². The summed E-state index contributed by atoms with van der Waals surface area (Å²) < 4.78 is 10.6. The second kappa shape index (κ2) is 2.83. The molecule has 0 amide bonds. The van der Waals surface area contributed by atoms with Gasteiger partial charge in [-0.05, 0) is 6.92 Å². The first-order chi connectivity index (χ1) is 6.42. The van der Waals surface area contributed by atoms with Crippen LogP contribution in [0.3, 0.4) is 0 Å². The van der Waals surface area contributed by atoms with E-state index in [2.05, 4.69) is 38.9 Å². The van der Waals surface area contributed by atoms with Gasteiger partial charge in [0.05, 0.1) is 24.3 Å². The number of ether oxygens (including phenoxy) is 1. The molecule has 1 aliphatic heterocycles. The molecule has 1 aromatic heterocycles. The Balaban J connectivity index is 2.26. The van der Waals surface area contributed by atoms with Gasteiger partial charge in [0, 0.05) is 11.5 Å². The van der Waals surface area contributed by atoms with Crippen LogP contribution in [0.1, 0.15) is 39.1 Å². The van der Waals surface area contributed by atoms with Gasteiger partial charge in [0.1, 0.15) is 5.76 Å². The SMILES string of the molecule is CC(C)(C)c1cc(C2(C)COC2)on1. The van der Waals surface area contributed by atoms with Crippen LogP contribution in [0.5, 0.6) is 0 Å². The van der Waals surface area contributed by atoms with E-state index >= 15 is 0 Å². The van der Waals surface area contributed by atoms with E-state index in [1.165, 1.54) is 0 Å². The Kier molecular flexibility index (Phi) is 1.96. The van der Waals surface area contributed by atoms with Crippen LogP contribution in [0, 0.1) is 0 Å². The van der Waals surface area contributed by atoms with Gasteiger partial charge in [-0.1, -0.05) is 25.9 Å². The van der Waals surface area contributed by atoms with Crippen molar-refractivity contribution in [2.75, 3.05) is 13.2 Å². The molecular formula is C11H17NO2. The van der Waals surface area contributed by atoms with Crippen molar-refractivity contribution in [3.05, 3.63) is 17.5 Å². The minimum absolute atomic E-state index is 0.0521. The molecule has 0 atom stereocenters. The molecule has 0 unspecified atom stereocenters. The van der Waals surface area contributed by atoms with Crippen LogP contribution in [0.4, 0.5) is 0 Å². The van der Waals surface area contributed by atoms with Gasteiger partial charge in [-0.3, -0.25) is 0 Å². The summed E-state index contributed by atoms with van der Waals surface area (Å²) in [7, 11) is 0. The lowest BCUT2D eigenvalue weighted by molar-refractivity contribution is -0.0619. The average molecular weight is 195 g/mol. The lowest BCUT2D eigenvalue weighted by Crippen LogP contribution is -2.43. The molecule has 2 heterocycles. The summed E-state index contributed by atoms with van der Waals surface area (Å²) in [6.45, 7) is 10.0. The third kappa shape index (κ3) is 1.46. The van der Waals surface area contributed by atoms with Gasteiger partial charge in [0.15, 0.2) is 0 Å². The number of aromatic nitrogens is 1. The maximum atomic E-state index is 5.37. The quantitative estimate of drug-likeness (QED) is 0.689. The maximum absolute atomic E-state index is 5.37. The molecule has 14 heavy (non-hydrogen) atoms. The Bertz CT molecular complexity index is 331. The summed E-state index contributed by atoms with van der Waals surface area (Å²) in [5.41, 5.74) is 1.12. The van der Waals surface area contributed by atoms with Gasteiger partial charge in [0.25, 0.3) is 0 Å². The monoisotopic (exact) mass is 195 g/mol. The lowest BCUT2D eigenvalue weighted by Gasteiger charge is -2.35. The highest BCUT2D eigenvalue weighted by Crippen LogP contribution is 2.34. The maximum Gasteiger partial charge on any atom is 0.147 e. The van der Waals surface area contributed by atoms with Gasteiger partial charge in [-0.25, -0.2) is 0 Å². The highest BCUT2D eigenvalue weighted by Gasteiger charge is 2.39. The summed E-state index contributed by atoms with van der Waals surface area (Å²) in [5, 5.41) is 4.11. The standard InChI is InChI=1S/C11H17NO2/c1-10(2,3)8-5-9(14-12-8)11(4)6-13-7-11/h5H,6-7H2,1-4H3. The zero-order valence-corrected chi connectivity index (χ0v) is 9.26. The van der Waals surface area contributed by atoms with Crippen LogP contribution in [0.25, 0.3) is 0 Å². The fourth-order valence-corrected chi connectivity index (χ4v) is 1.46. The Labute approximate surface area is 84.4 Å². The van der Waals surface area contributed by atoms with Crippen molar-refractivity contribution in [3.8, 4) is 0 Å². The second-order valence-corrected chi connectivity index (χ2v) is 5.38. The van der Waals surface area contributed by atoms with Crippen LogP contribution in [0.15, 0.2) is 10.6 Å². The molecule has 1 fully saturated rings. The molecule has 0 saturated carbocycles. The Hall–Kier alpha value is -0.830. The third-order valence-electron chi connectivity index (χ3n) is 2.71. The average Bonchev–Trinajstić information content (AvgIpc) is 2.46. The van der Waals surface area contributed by atoms with Crippen LogP contribution < -0.4 is 0 Å². The van der Waals surface area contributed by atoms with Gasteiger partial charge in [-0.2, -0.15) is 0 Å². The van der Waals surface area contributed by atoms with Crippen LogP contribution in [-0.4, -0.2) is 18.4 Å². The molecule has 78 valence electrons. The summed E-state index contributed by atoms with van der Waals surface area (Å²) in [4.78, 5) is 0. The number of nitrogens with zero attached hydrogens (tertiary/aromatic N) is 1. The van der Waals surface area contributed by atoms with E-state index in [-0.39, 0.29) is 10.8 Å². The highest BCUT2D eigenvalue weighted by atomic mass is 16.5. The molecule has 0 aliphatic carbocycles. The van der Waals surface area contributed by atoms with Crippen LogP contribution in [-0.2, 0) is 15.6 Å². The Morgan fingerprint density at radius 3 is 2.36 bits per heavy atom. The predicted octanol–water partition coefficient (Wildman–Crippen LogP) is 2.26. The van der Waals surface area contributed by atoms with E-state index in [1.54, 1.807) is 0 Å². The minimum Gasteiger partial charge on any atom is -0.379 e. The molecular weight excluding hydrogens is 178 g/mol. The van der Waals surface area contributed by atoms with Gasteiger partial charge < -0.3 is 9.26 Å². The first-order valence-electron chi connectivity index (χ1n) is 4.97. The van der Waals surface area contributed by atoms with Gasteiger partial charge in [-0.15, -0.1) is 0 Å². The molecule has 0 radical (unpaired) electrons. The van der Waals surface area contributed by atoms with Crippen molar-refractivity contribution in [3.63, 3.8) is 0 Å². The fourth-order valence-electron chi connectivity index (χ4n) is 1.46. The zero-order chi connectivity index (χ0) is 10.4. The number of rotatable bonds is 1. The molecule has 0 bridgehead atoms. The molecule has 3 nitrogen and oxygen atoms in total. The molecule has 0 aromatic carbocycles. The number of hydrogen-bond acceptors (Lipinski definition) is 3. The first-order valence-corrected chi connectivity index (χ1v) is 4.97. The van der Waals surface area contributed by atoms with E-state index in [0.29, 0.717) is 0 Å². The summed E-state index contributed by atoms with van der Waals surface area (Å²) in [6.07, 6.45) is 0. The topological polar surface area (TPSA) is 35.3 Å². The fraction of sp³-hybridized carbons (Fsp3) is 0.727. The summed E-state index contributed by atoms with van der Waals surface area (Å²) in [6, 6.07) is 2.06. The highest BCUT2D eigenvalue weighted by molar-refractivity contribution is 5.21. The molecule has 1 saturated heterocycles. The normalized spacial score (nSPS) is 20.6. The molecule has 1 aromatic rings. The molecule has 3 heteroatoms. The predicted molar refractivity (Wildman–Crippen MR) is 53.4 cm³/mol. The first kappa shape index (κ1) is 9.71. The van der Waals surface area contributed by atoms with Crippen molar-refractivity contribution in [1.82, 2.24) is 5.16 Å². The second-order valence-electron chi connectivity index (χ2n) is 5.38. The van der Waals surface area contributed by atoms with Crippen LogP contribution >= 0.6 is 0 Å². The zero-order valence-electron chi connectivity index (χ0n) is 9.26. The van der Waals surface area contributed by atoms with E-state index in [0.717, 1.165) is 24.7 Å². The van der Waals surface area contributed by atoms with Crippen molar-refractivity contribution in [1.29, 1.82) is 0 Å². The van der Waals surface area contributed by atoms with Crippen molar-refractivity contribution in [2.45, 2.75) is 38.5 Å².